The average molecular weight is 1230 g/mol. The molecule has 0 saturated heterocycles. The Labute approximate surface area is 475 Å². The minimum absolute atomic E-state index is 0.00554. The van der Waals surface area contributed by atoms with Gasteiger partial charge in [0.05, 0.1) is 119 Å². The summed E-state index contributed by atoms with van der Waals surface area (Å²) < 4.78 is 60.1. The van der Waals surface area contributed by atoms with E-state index in [-0.39, 0.29) is 56.9 Å². The van der Waals surface area contributed by atoms with Gasteiger partial charge in [-0.2, -0.15) is 0 Å². The molecule has 24 nitrogen and oxygen atoms in total. The first-order valence-corrected chi connectivity index (χ1v) is 27.6. The monoisotopic (exact) mass is 1230 g/mol. The second-order valence-corrected chi connectivity index (χ2v) is 18.6. The molecule has 2 atom stereocenters. The molecule has 2 aromatic carbocycles. The molecule has 0 bridgehead atoms. The Morgan fingerprint density at radius 3 is 1.60 bits per heavy atom. The highest BCUT2D eigenvalue weighted by molar-refractivity contribution is 14.1. The predicted molar refractivity (Wildman–Crippen MR) is 296 cm³/mol. The number of nitrogens with one attached hydrogen (secondary N) is 4. The lowest BCUT2D eigenvalue weighted by Crippen LogP contribution is -2.53. The first kappa shape index (κ1) is 67.4. The van der Waals surface area contributed by atoms with Crippen molar-refractivity contribution in [2.75, 3.05) is 142 Å². The molecule has 1 heterocycles. The van der Waals surface area contributed by atoms with Crippen LogP contribution in [0.2, 0.25) is 0 Å². The quantitative estimate of drug-likeness (QED) is 0.0319. The van der Waals surface area contributed by atoms with Gasteiger partial charge in [0.2, 0.25) is 23.6 Å². The molecule has 1 aliphatic heterocycles. The lowest BCUT2D eigenvalue weighted by Gasteiger charge is -2.24. The highest BCUT2D eigenvalue weighted by Gasteiger charge is 2.27. The van der Waals surface area contributed by atoms with Gasteiger partial charge in [-0.05, 0) is 65.8 Å². The van der Waals surface area contributed by atoms with E-state index in [9.17, 15) is 33.6 Å². The van der Waals surface area contributed by atoms with Gasteiger partial charge in [0.25, 0.3) is 11.8 Å². The second-order valence-electron chi connectivity index (χ2n) is 17.4. The van der Waals surface area contributed by atoms with Gasteiger partial charge in [-0.3, -0.25) is 38.6 Å². The summed E-state index contributed by atoms with van der Waals surface area (Å²) in [6.07, 6.45) is 3.70. The Bertz CT molecular complexity index is 2130. The molecule has 0 radical (unpaired) electrons. The van der Waals surface area contributed by atoms with Crippen LogP contribution in [0.15, 0.2) is 54.6 Å². The zero-order valence-electron chi connectivity index (χ0n) is 45.2. The summed E-state index contributed by atoms with van der Waals surface area (Å²) in [5.74, 6) is -2.69. The minimum Gasteiger partial charge on any atom is -0.444 e. The number of carbonyl (C=O) groups excluding carboxylic acids is 7. The van der Waals surface area contributed by atoms with Crippen LogP contribution in [0.5, 0.6) is 0 Å². The van der Waals surface area contributed by atoms with E-state index in [1.165, 1.54) is 29.1 Å². The van der Waals surface area contributed by atoms with Crippen LogP contribution in [0.1, 0.15) is 50.3 Å². The molecule has 3 rings (SSSR count). The fourth-order valence-electron chi connectivity index (χ4n) is 6.75. The van der Waals surface area contributed by atoms with Crippen LogP contribution >= 0.6 is 35.0 Å². The van der Waals surface area contributed by atoms with Crippen LogP contribution in [0.3, 0.4) is 0 Å². The maximum Gasteiger partial charge on any atom is 0.414 e. The van der Waals surface area contributed by atoms with Crippen molar-refractivity contribution in [1.82, 2.24) is 20.9 Å². The van der Waals surface area contributed by atoms with Crippen molar-refractivity contribution in [3.8, 4) is 0 Å². The molecular formula is C52H77IN6O18S. The standard InChI is InChI=1S/C52H77IN6O18S/c1-38(2)49(51(65)55-39(3)50(64)56-43-8-6-40(7-9-43)35-75-52(66)58(4)44-33-41(36-76-53)32-42(34-44)37-77-78-5)57-46(61)13-16-67-18-20-69-22-24-71-26-28-73-30-31-74-29-27-72-25-23-70-21-19-68-17-14-54-45(60)12-15-59-47(62)10-11-48(59)63/h6-11,32-34,38-39,49H,12-31,35-37H2,1-5H3,(H,54,60)(H,55,65)(H,56,64)(H,57,61)/t39-,49-/m0/s1. The van der Waals surface area contributed by atoms with E-state index < -0.39 is 41.8 Å². The molecule has 1 aliphatic rings. The normalized spacial score (nSPS) is 12.9. The summed E-state index contributed by atoms with van der Waals surface area (Å²) in [5.41, 5.74) is 3.56. The summed E-state index contributed by atoms with van der Waals surface area (Å²) in [6, 6.07) is 10.6. The van der Waals surface area contributed by atoms with E-state index in [1.54, 1.807) is 52.1 Å². The number of hydrogen-bond donors (Lipinski definition) is 4. The third kappa shape index (κ3) is 29.4. The zero-order chi connectivity index (χ0) is 56.8. The predicted octanol–water partition coefficient (Wildman–Crippen LogP) is 3.66. The number of ether oxygens (including phenoxy) is 9. The first-order chi connectivity index (χ1) is 37.7. The summed E-state index contributed by atoms with van der Waals surface area (Å²) >= 11 is 3.07. The minimum atomic E-state index is -0.919. The SMILES string of the molecule is CSOCc1cc(COI)cc(N(C)C(=O)OCc2ccc(NC(=O)[C@H](C)NC(=O)[C@@H](NC(=O)CCOCCOCCOCCOCCOCCOCCOCCOCCNC(=O)CCN3C(=O)C=CC3=O)C(C)C)cc2)c1. The summed E-state index contributed by atoms with van der Waals surface area (Å²) in [4.78, 5) is 89.1. The van der Waals surface area contributed by atoms with Crippen LogP contribution in [0.4, 0.5) is 16.2 Å². The maximum atomic E-state index is 13.2. The van der Waals surface area contributed by atoms with Crippen molar-refractivity contribution < 1.29 is 83.4 Å². The van der Waals surface area contributed by atoms with E-state index in [1.807, 2.05) is 47.5 Å². The molecule has 436 valence electrons. The number of nitrogens with zero attached hydrogens (tertiary/aromatic N) is 2. The van der Waals surface area contributed by atoms with Gasteiger partial charge in [-0.15, -0.1) is 0 Å². The topological polar surface area (TPSA) is 276 Å². The van der Waals surface area contributed by atoms with Crippen LogP contribution < -0.4 is 26.2 Å². The first-order valence-electron chi connectivity index (χ1n) is 25.6. The highest BCUT2D eigenvalue weighted by atomic mass is 127. The van der Waals surface area contributed by atoms with Crippen molar-refractivity contribution in [3.05, 3.63) is 71.3 Å². The van der Waals surface area contributed by atoms with Crippen LogP contribution in [-0.2, 0) is 98.5 Å². The fraction of sp³-hybridized carbons (Fsp3) is 0.596. The highest BCUT2D eigenvalue weighted by Crippen LogP contribution is 2.23. The second kappa shape index (κ2) is 41.2. The number of amides is 7. The molecule has 0 spiro atoms. The van der Waals surface area contributed by atoms with Gasteiger partial charge >= 0.3 is 6.09 Å². The zero-order valence-corrected chi connectivity index (χ0v) is 48.2. The Morgan fingerprint density at radius 2 is 1.10 bits per heavy atom. The summed E-state index contributed by atoms with van der Waals surface area (Å²) in [7, 11) is 1.62. The number of hydrogen-bond acceptors (Lipinski definition) is 19. The van der Waals surface area contributed by atoms with E-state index in [4.69, 9.17) is 49.9 Å². The van der Waals surface area contributed by atoms with Gasteiger partial charge in [-0.25, -0.2) is 4.79 Å². The molecular weight excluding hydrogens is 1160 g/mol. The van der Waals surface area contributed by atoms with Crippen LogP contribution in [0.25, 0.3) is 0 Å². The Kier molecular flexibility index (Phi) is 35.6. The molecule has 0 unspecified atom stereocenters. The summed E-state index contributed by atoms with van der Waals surface area (Å²) in [5, 5.41) is 10.9. The third-order valence-corrected chi connectivity index (χ3v) is 11.6. The number of carbonyl (C=O) groups is 7. The van der Waals surface area contributed by atoms with Crippen molar-refractivity contribution in [2.24, 2.45) is 5.92 Å². The number of anilines is 2. The molecule has 0 aromatic heterocycles. The molecule has 26 heteroatoms. The van der Waals surface area contributed by atoms with Gasteiger partial charge in [0.1, 0.15) is 41.7 Å². The van der Waals surface area contributed by atoms with Crippen molar-refractivity contribution in [2.45, 2.75) is 65.5 Å². The van der Waals surface area contributed by atoms with Gasteiger partial charge in [0.15, 0.2) is 0 Å². The van der Waals surface area contributed by atoms with E-state index >= 15 is 0 Å². The van der Waals surface area contributed by atoms with Gasteiger partial charge in [0, 0.05) is 62.8 Å². The number of imide groups is 1. The number of benzene rings is 2. The van der Waals surface area contributed by atoms with Crippen molar-refractivity contribution in [3.63, 3.8) is 0 Å². The van der Waals surface area contributed by atoms with Gasteiger partial charge < -0.3 is 71.1 Å². The Balaban J connectivity index is 1.11. The lowest BCUT2D eigenvalue weighted by molar-refractivity contribution is -0.137. The Morgan fingerprint density at radius 1 is 0.603 bits per heavy atom. The summed E-state index contributed by atoms with van der Waals surface area (Å²) in [6.45, 7) is 11.9. The van der Waals surface area contributed by atoms with Crippen LogP contribution in [0, 0.1) is 5.92 Å². The average Bonchev–Trinajstić information content (AvgIpc) is 3.75. The van der Waals surface area contributed by atoms with Crippen molar-refractivity contribution in [1.29, 1.82) is 0 Å². The van der Waals surface area contributed by atoms with E-state index in [0.717, 1.165) is 16.0 Å². The largest absolute Gasteiger partial charge is 0.444 e. The molecule has 0 fully saturated rings. The van der Waals surface area contributed by atoms with Crippen molar-refractivity contribution >= 4 is 88.0 Å². The number of rotatable bonds is 44. The Hall–Kier alpha value is -4.85. The number of halogens is 1. The molecule has 7 amide bonds. The smallest absolute Gasteiger partial charge is 0.414 e. The molecule has 4 N–H and O–H groups in total. The lowest BCUT2D eigenvalue weighted by atomic mass is 10.0. The van der Waals surface area contributed by atoms with E-state index in [2.05, 4.69) is 21.3 Å². The maximum absolute atomic E-state index is 13.2. The molecule has 0 aliphatic carbocycles. The van der Waals surface area contributed by atoms with Crippen LogP contribution in [-0.4, -0.2) is 191 Å². The van der Waals surface area contributed by atoms with E-state index in [0.29, 0.717) is 129 Å². The fourth-order valence-corrected chi connectivity index (χ4v) is 7.36. The third-order valence-electron chi connectivity index (χ3n) is 11.0. The van der Waals surface area contributed by atoms with Gasteiger partial charge in [-0.1, -0.05) is 32.0 Å². The molecule has 2 aromatic rings. The molecule has 0 saturated carbocycles. The molecule has 78 heavy (non-hydrogen) atoms.